The summed E-state index contributed by atoms with van der Waals surface area (Å²) in [5, 5.41) is 0.455. The first-order chi connectivity index (χ1) is 8.97. The van der Waals surface area contributed by atoms with E-state index in [1.54, 1.807) is 0 Å². The average Bonchev–Trinajstić information content (AvgIpc) is 2.81. The number of carbonyl (C=O) groups excluding carboxylic acids is 1. The van der Waals surface area contributed by atoms with Crippen LogP contribution < -0.4 is 4.72 Å². The number of nitrogens with one attached hydrogen (secondary N) is 1. The molecule has 2 rings (SSSR count). The maximum absolute atomic E-state index is 12.0. The number of carbonyl (C=O) groups is 1. The molecule has 0 unspecified atom stereocenters. The summed E-state index contributed by atoms with van der Waals surface area (Å²) < 4.78 is 26.0. The van der Waals surface area contributed by atoms with Crippen LogP contribution in [0.25, 0.3) is 0 Å². The van der Waals surface area contributed by atoms with Crippen molar-refractivity contribution >= 4 is 27.5 Å². The lowest BCUT2D eigenvalue weighted by atomic mass is 10.0. The van der Waals surface area contributed by atoms with Crippen molar-refractivity contribution in [3.8, 4) is 0 Å². The Labute approximate surface area is 118 Å². The highest BCUT2D eigenvalue weighted by Crippen LogP contribution is 2.27. The SMILES string of the molecule is O=C(CC1CCCC1)NS(=O)(=O)c1ccc(Cl)cc1. The molecule has 0 aromatic heterocycles. The Morgan fingerprint density at radius 1 is 1.21 bits per heavy atom. The zero-order valence-corrected chi connectivity index (χ0v) is 12.0. The molecule has 1 saturated carbocycles. The van der Waals surface area contributed by atoms with Gasteiger partial charge in [-0.05, 0) is 43.0 Å². The van der Waals surface area contributed by atoms with Gasteiger partial charge in [-0.25, -0.2) is 13.1 Å². The van der Waals surface area contributed by atoms with Gasteiger partial charge in [0.2, 0.25) is 5.91 Å². The molecule has 0 atom stereocenters. The highest BCUT2D eigenvalue weighted by atomic mass is 35.5. The first kappa shape index (κ1) is 14.3. The number of hydrogen-bond donors (Lipinski definition) is 1. The normalized spacial score (nSPS) is 16.5. The lowest BCUT2D eigenvalue weighted by molar-refractivity contribution is -0.120. The van der Waals surface area contributed by atoms with Crippen LogP contribution in [0.1, 0.15) is 32.1 Å². The molecule has 104 valence electrons. The van der Waals surface area contributed by atoms with Gasteiger partial charge in [0.1, 0.15) is 0 Å². The summed E-state index contributed by atoms with van der Waals surface area (Å²) in [6.07, 6.45) is 4.55. The lowest BCUT2D eigenvalue weighted by Gasteiger charge is -2.10. The number of halogens is 1. The molecule has 0 aliphatic heterocycles. The summed E-state index contributed by atoms with van der Waals surface area (Å²) >= 11 is 5.70. The van der Waals surface area contributed by atoms with Crippen molar-refractivity contribution in [3.05, 3.63) is 29.3 Å². The summed E-state index contributed by atoms with van der Waals surface area (Å²) in [6, 6.07) is 5.73. The second kappa shape index (κ2) is 5.92. The molecule has 1 aromatic rings. The van der Waals surface area contributed by atoms with E-state index in [4.69, 9.17) is 11.6 Å². The monoisotopic (exact) mass is 301 g/mol. The molecule has 1 aliphatic carbocycles. The van der Waals surface area contributed by atoms with E-state index in [0.717, 1.165) is 25.7 Å². The van der Waals surface area contributed by atoms with Crippen LogP contribution in [0.5, 0.6) is 0 Å². The molecule has 19 heavy (non-hydrogen) atoms. The molecule has 1 aliphatic rings. The second-order valence-corrected chi connectivity index (χ2v) is 6.96. The zero-order valence-electron chi connectivity index (χ0n) is 10.4. The Bertz CT molecular complexity index is 548. The number of amides is 1. The van der Waals surface area contributed by atoms with E-state index < -0.39 is 15.9 Å². The third-order valence-corrected chi connectivity index (χ3v) is 4.96. The second-order valence-electron chi connectivity index (χ2n) is 4.84. The van der Waals surface area contributed by atoms with E-state index in [1.807, 2.05) is 0 Å². The minimum absolute atomic E-state index is 0.0525. The molecule has 1 aromatic carbocycles. The first-order valence-electron chi connectivity index (χ1n) is 6.28. The maximum Gasteiger partial charge on any atom is 0.264 e. The van der Waals surface area contributed by atoms with Crippen molar-refractivity contribution in [2.45, 2.75) is 37.0 Å². The minimum Gasteiger partial charge on any atom is -0.274 e. The first-order valence-corrected chi connectivity index (χ1v) is 8.15. The van der Waals surface area contributed by atoms with E-state index in [-0.39, 0.29) is 11.3 Å². The van der Waals surface area contributed by atoms with Gasteiger partial charge in [-0.2, -0.15) is 0 Å². The van der Waals surface area contributed by atoms with Crippen LogP contribution in [-0.2, 0) is 14.8 Å². The zero-order chi connectivity index (χ0) is 13.9. The number of hydrogen-bond acceptors (Lipinski definition) is 3. The van der Waals surface area contributed by atoms with Gasteiger partial charge < -0.3 is 0 Å². The van der Waals surface area contributed by atoms with E-state index in [1.165, 1.54) is 24.3 Å². The minimum atomic E-state index is -3.78. The van der Waals surface area contributed by atoms with Crippen LogP contribution in [0, 0.1) is 5.92 Å². The van der Waals surface area contributed by atoms with E-state index in [2.05, 4.69) is 4.72 Å². The highest BCUT2D eigenvalue weighted by Gasteiger charge is 2.22. The molecule has 1 fully saturated rings. The molecule has 4 nitrogen and oxygen atoms in total. The van der Waals surface area contributed by atoms with E-state index in [9.17, 15) is 13.2 Å². The standard InChI is InChI=1S/C13H16ClNO3S/c14-11-5-7-12(8-6-11)19(17,18)15-13(16)9-10-3-1-2-4-10/h5-8,10H,1-4,9H2,(H,15,16). The Balaban J connectivity index is 2.00. The summed E-state index contributed by atoms with van der Waals surface area (Å²) in [5.74, 6) is -0.109. The number of benzene rings is 1. The van der Waals surface area contributed by atoms with Crippen molar-refractivity contribution in [2.24, 2.45) is 5.92 Å². The largest absolute Gasteiger partial charge is 0.274 e. The van der Waals surface area contributed by atoms with Gasteiger partial charge in [0, 0.05) is 11.4 Å². The van der Waals surface area contributed by atoms with Gasteiger partial charge in [-0.15, -0.1) is 0 Å². The molecule has 0 bridgehead atoms. The fourth-order valence-corrected chi connectivity index (χ4v) is 3.46. The predicted molar refractivity (Wildman–Crippen MR) is 73.4 cm³/mol. The Hall–Kier alpha value is -1.07. The van der Waals surface area contributed by atoms with Gasteiger partial charge in [-0.3, -0.25) is 4.79 Å². The Morgan fingerprint density at radius 2 is 1.79 bits per heavy atom. The molecule has 0 spiro atoms. The molecule has 1 amide bonds. The maximum atomic E-state index is 12.0. The molecular weight excluding hydrogens is 286 g/mol. The van der Waals surface area contributed by atoms with Crippen LogP contribution in [0.15, 0.2) is 29.2 Å². The summed E-state index contributed by atoms with van der Waals surface area (Å²) in [6.45, 7) is 0. The molecule has 0 heterocycles. The van der Waals surface area contributed by atoms with Gasteiger partial charge in [0.05, 0.1) is 4.90 Å². The Morgan fingerprint density at radius 3 is 2.37 bits per heavy atom. The predicted octanol–water partition coefficient (Wildman–Crippen LogP) is 2.73. The third-order valence-electron chi connectivity index (χ3n) is 3.32. The smallest absolute Gasteiger partial charge is 0.264 e. The van der Waals surface area contributed by atoms with Gasteiger partial charge in [-0.1, -0.05) is 24.4 Å². The molecule has 1 N–H and O–H groups in total. The van der Waals surface area contributed by atoms with Crippen molar-refractivity contribution in [1.82, 2.24) is 4.72 Å². The molecule has 0 saturated heterocycles. The van der Waals surface area contributed by atoms with Gasteiger partial charge in [0.25, 0.3) is 10.0 Å². The van der Waals surface area contributed by atoms with Crippen LogP contribution >= 0.6 is 11.6 Å². The summed E-state index contributed by atoms with van der Waals surface area (Å²) in [5.41, 5.74) is 0. The van der Waals surface area contributed by atoms with E-state index >= 15 is 0 Å². The van der Waals surface area contributed by atoms with Crippen LogP contribution in [0.2, 0.25) is 5.02 Å². The summed E-state index contributed by atoms with van der Waals surface area (Å²) in [4.78, 5) is 11.8. The van der Waals surface area contributed by atoms with Crippen LogP contribution in [0.4, 0.5) is 0 Å². The fraction of sp³-hybridized carbons (Fsp3) is 0.462. The van der Waals surface area contributed by atoms with Gasteiger partial charge in [0.15, 0.2) is 0 Å². The molecule has 0 radical (unpaired) electrons. The average molecular weight is 302 g/mol. The Kier molecular flexibility index (Phi) is 4.47. The van der Waals surface area contributed by atoms with E-state index in [0.29, 0.717) is 10.9 Å². The fourth-order valence-electron chi connectivity index (χ4n) is 2.34. The highest BCUT2D eigenvalue weighted by molar-refractivity contribution is 7.90. The topological polar surface area (TPSA) is 63.2 Å². The third kappa shape index (κ3) is 3.94. The van der Waals surface area contributed by atoms with Crippen molar-refractivity contribution < 1.29 is 13.2 Å². The number of rotatable bonds is 4. The van der Waals surface area contributed by atoms with Crippen LogP contribution in [0.3, 0.4) is 0 Å². The quantitative estimate of drug-likeness (QED) is 0.930. The van der Waals surface area contributed by atoms with Gasteiger partial charge >= 0.3 is 0 Å². The van der Waals surface area contributed by atoms with Crippen molar-refractivity contribution in [2.75, 3.05) is 0 Å². The number of sulfonamides is 1. The molecular formula is C13H16ClNO3S. The van der Waals surface area contributed by atoms with Crippen molar-refractivity contribution in [3.63, 3.8) is 0 Å². The summed E-state index contributed by atoms with van der Waals surface area (Å²) in [7, 11) is -3.78. The molecule has 6 heteroatoms. The van der Waals surface area contributed by atoms with Crippen molar-refractivity contribution in [1.29, 1.82) is 0 Å². The van der Waals surface area contributed by atoms with Crippen LogP contribution in [-0.4, -0.2) is 14.3 Å². The lowest BCUT2D eigenvalue weighted by Crippen LogP contribution is -2.31.